The van der Waals surface area contributed by atoms with Crippen molar-refractivity contribution in [3.05, 3.63) is 29.6 Å². The maximum Gasteiger partial charge on any atom is 0.165 e. The monoisotopic (exact) mass is 222 g/mol. The first-order valence-corrected chi connectivity index (χ1v) is 5.87. The summed E-state index contributed by atoms with van der Waals surface area (Å²) in [6.07, 6.45) is 4.56. The molecule has 0 atom stereocenters. The Balaban J connectivity index is 1.83. The number of imidazole rings is 2. The normalized spacial score (nSPS) is 10.8. The van der Waals surface area contributed by atoms with Crippen LogP contribution >= 0.6 is 11.8 Å². The van der Waals surface area contributed by atoms with Gasteiger partial charge < -0.3 is 9.97 Å². The van der Waals surface area contributed by atoms with Crippen molar-refractivity contribution < 1.29 is 0 Å². The van der Waals surface area contributed by atoms with Crippen molar-refractivity contribution in [3.63, 3.8) is 0 Å². The van der Waals surface area contributed by atoms with E-state index in [9.17, 15) is 0 Å². The zero-order chi connectivity index (χ0) is 10.7. The second-order valence-corrected chi connectivity index (χ2v) is 4.51. The van der Waals surface area contributed by atoms with Gasteiger partial charge in [0.25, 0.3) is 0 Å². The summed E-state index contributed by atoms with van der Waals surface area (Å²) >= 11 is 1.74. The van der Waals surface area contributed by atoms with E-state index in [1.807, 2.05) is 20.0 Å². The van der Waals surface area contributed by atoms with Gasteiger partial charge in [0, 0.05) is 23.3 Å². The Morgan fingerprint density at radius 3 is 2.87 bits per heavy atom. The minimum atomic E-state index is 0.990. The highest BCUT2D eigenvalue weighted by Gasteiger charge is 2.02. The van der Waals surface area contributed by atoms with Gasteiger partial charge in [0.1, 0.15) is 0 Å². The largest absolute Gasteiger partial charge is 0.348 e. The predicted molar refractivity (Wildman–Crippen MR) is 61.1 cm³/mol. The van der Waals surface area contributed by atoms with Gasteiger partial charge in [0.05, 0.1) is 12.0 Å². The standard InChI is InChI=1S/C10H14N4S/c1-7-8(2)14-10(13-7)15-4-3-9-5-11-6-12-9/h5-6H,3-4H2,1-2H3,(H,11,12)(H,13,14). The van der Waals surface area contributed by atoms with Gasteiger partial charge in [-0.3, -0.25) is 0 Å². The van der Waals surface area contributed by atoms with E-state index in [1.54, 1.807) is 18.1 Å². The molecule has 0 saturated carbocycles. The topological polar surface area (TPSA) is 57.4 Å². The molecule has 2 aromatic rings. The lowest BCUT2D eigenvalue weighted by Crippen LogP contribution is -1.89. The molecule has 2 rings (SSSR count). The van der Waals surface area contributed by atoms with Crippen molar-refractivity contribution in [1.82, 2.24) is 19.9 Å². The van der Waals surface area contributed by atoms with Crippen LogP contribution in [0.3, 0.4) is 0 Å². The fourth-order valence-electron chi connectivity index (χ4n) is 1.26. The van der Waals surface area contributed by atoms with Crippen LogP contribution < -0.4 is 0 Å². The zero-order valence-corrected chi connectivity index (χ0v) is 9.69. The van der Waals surface area contributed by atoms with Crippen LogP contribution in [0.25, 0.3) is 0 Å². The first-order valence-electron chi connectivity index (χ1n) is 4.89. The number of aromatic amines is 2. The summed E-state index contributed by atoms with van der Waals surface area (Å²) < 4.78 is 0. The molecule has 80 valence electrons. The smallest absolute Gasteiger partial charge is 0.165 e. The molecule has 15 heavy (non-hydrogen) atoms. The Labute approximate surface area is 92.9 Å². The summed E-state index contributed by atoms with van der Waals surface area (Å²) in [6, 6.07) is 0. The molecule has 4 nitrogen and oxygen atoms in total. The van der Waals surface area contributed by atoms with Crippen molar-refractivity contribution in [2.24, 2.45) is 0 Å². The highest BCUT2D eigenvalue weighted by molar-refractivity contribution is 7.99. The van der Waals surface area contributed by atoms with Gasteiger partial charge in [-0.25, -0.2) is 9.97 Å². The molecule has 0 amide bonds. The summed E-state index contributed by atoms with van der Waals surface area (Å²) in [6.45, 7) is 4.06. The van der Waals surface area contributed by atoms with Crippen LogP contribution in [0, 0.1) is 13.8 Å². The third-order valence-corrected chi connectivity index (χ3v) is 3.15. The summed E-state index contributed by atoms with van der Waals surface area (Å²) in [7, 11) is 0. The maximum atomic E-state index is 4.41. The van der Waals surface area contributed by atoms with E-state index in [0.717, 1.165) is 28.7 Å². The van der Waals surface area contributed by atoms with E-state index in [-0.39, 0.29) is 0 Å². The second-order valence-electron chi connectivity index (χ2n) is 3.43. The average Bonchev–Trinajstić information content (AvgIpc) is 2.79. The van der Waals surface area contributed by atoms with Gasteiger partial charge >= 0.3 is 0 Å². The Morgan fingerprint density at radius 2 is 2.27 bits per heavy atom. The number of H-pyrrole nitrogens is 2. The SMILES string of the molecule is Cc1nc(SCCc2cnc[nH]2)[nH]c1C. The van der Waals surface area contributed by atoms with Gasteiger partial charge in [-0.15, -0.1) is 0 Å². The molecular weight excluding hydrogens is 208 g/mol. The van der Waals surface area contributed by atoms with E-state index in [4.69, 9.17) is 0 Å². The minimum Gasteiger partial charge on any atom is -0.348 e. The van der Waals surface area contributed by atoms with Gasteiger partial charge in [0.2, 0.25) is 0 Å². The van der Waals surface area contributed by atoms with Crippen LogP contribution in [0.5, 0.6) is 0 Å². The summed E-state index contributed by atoms with van der Waals surface area (Å²) in [5.74, 6) is 1.01. The number of rotatable bonds is 4. The van der Waals surface area contributed by atoms with Crippen molar-refractivity contribution in [2.75, 3.05) is 5.75 Å². The first kappa shape index (κ1) is 10.3. The summed E-state index contributed by atoms with van der Waals surface area (Å²) in [4.78, 5) is 14.7. The average molecular weight is 222 g/mol. The van der Waals surface area contributed by atoms with Gasteiger partial charge in [0.15, 0.2) is 5.16 Å². The molecule has 2 N–H and O–H groups in total. The molecule has 0 unspecified atom stereocenters. The van der Waals surface area contributed by atoms with Crippen LogP contribution in [0.2, 0.25) is 0 Å². The Bertz CT molecular complexity index is 399. The van der Waals surface area contributed by atoms with Crippen LogP contribution in [0.1, 0.15) is 17.1 Å². The second kappa shape index (κ2) is 4.53. The third kappa shape index (κ3) is 2.62. The molecular formula is C10H14N4S. The molecule has 2 heterocycles. The fourth-order valence-corrected chi connectivity index (χ4v) is 2.20. The highest BCUT2D eigenvalue weighted by atomic mass is 32.2. The third-order valence-electron chi connectivity index (χ3n) is 2.27. The van der Waals surface area contributed by atoms with Crippen LogP contribution in [0.15, 0.2) is 17.7 Å². The van der Waals surface area contributed by atoms with Crippen LogP contribution in [-0.4, -0.2) is 25.7 Å². The van der Waals surface area contributed by atoms with E-state index in [0.29, 0.717) is 0 Å². The molecule has 0 radical (unpaired) electrons. The van der Waals surface area contributed by atoms with E-state index in [1.165, 1.54) is 5.69 Å². The zero-order valence-electron chi connectivity index (χ0n) is 8.87. The molecule has 0 spiro atoms. The van der Waals surface area contributed by atoms with Crippen molar-refractivity contribution in [2.45, 2.75) is 25.4 Å². The summed E-state index contributed by atoms with van der Waals surface area (Å²) in [5, 5.41) is 1.00. The number of hydrogen-bond acceptors (Lipinski definition) is 3. The van der Waals surface area contributed by atoms with Gasteiger partial charge in [-0.05, 0) is 20.3 Å². The number of nitrogens with zero attached hydrogens (tertiary/aromatic N) is 2. The molecule has 2 aromatic heterocycles. The number of hydrogen-bond donors (Lipinski definition) is 2. The predicted octanol–water partition coefficient (Wildman–Crippen LogP) is 2.08. The lowest BCUT2D eigenvalue weighted by molar-refractivity contribution is 1.02. The van der Waals surface area contributed by atoms with E-state index >= 15 is 0 Å². The fraction of sp³-hybridized carbons (Fsp3) is 0.400. The Kier molecular flexibility index (Phi) is 3.11. The molecule has 0 fully saturated rings. The number of nitrogens with one attached hydrogen (secondary N) is 2. The first-order chi connectivity index (χ1) is 7.25. The van der Waals surface area contributed by atoms with Gasteiger partial charge in [-0.1, -0.05) is 11.8 Å². The number of aryl methyl sites for hydroxylation is 3. The Morgan fingerprint density at radius 1 is 1.40 bits per heavy atom. The summed E-state index contributed by atoms with van der Waals surface area (Å²) in [5.41, 5.74) is 3.40. The quantitative estimate of drug-likeness (QED) is 0.779. The van der Waals surface area contributed by atoms with Crippen molar-refractivity contribution in [1.29, 1.82) is 0 Å². The maximum absolute atomic E-state index is 4.41. The number of thioether (sulfide) groups is 1. The molecule has 0 aliphatic rings. The molecule has 0 aromatic carbocycles. The van der Waals surface area contributed by atoms with Crippen LogP contribution in [0.4, 0.5) is 0 Å². The molecule has 0 aliphatic carbocycles. The molecule has 0 saturated heterocycles. The van der Waals surface area contributed by atoms with Crippen molar-refractivity contribution in [3.8, 4) is 0 Å². The lowest BCUT2D eigenvalue weighted by atomic mass is 10.4. The highest BCUT2D eigenvalue weighted by Crippen LogP contribution is 2.16. The Hall–Kier alpha value is -1.23. The van der Waals surface area contributed by atoms with E-state index < -0.39 is 0 Å². The van der Waals surface area contributed by atoms with Gasteiger partial charge in [-0.2, -0.15) is 0 Å². The van der Waals surface area contributed by atoms with E-state index in [2.05, 4.69) is 19.9 Å². The lowest BCUT2D eigenvalue weighted by Gasteiger charge is -1.95. The van der Waals surface area contributed by atoms with Crippen molar-refractivity contribution >= 4 is 11.8 Å². The van der Waals surface area contributed by atoms with Crippen LogP contribution in [-0.2, 0) is 6.42 Å². The molecule has 0 aliphatic heterocycles. The molecule has 5 heteroatoms. The molecule has 0 bridgehead atoms. The number of aromatic nitrogens is 4. The minimum absolute atomic E-state index is 0.990.